The number of hydrogen-bond acceptors (Lipinski definition) is 8. The Labute approximate surface area is 198 Å². The molecule has 170 valence electrons. The van der Waals surface area contributed by atoms with Crippen LogP contribution >= 0.6 is 22.9 Å². The molecule has 0 aliphatic carbocycles. The van der Waals surface area contributed by atoms with Crippen LogP contribution in [-0.2, 0) is 4.74 Å². The second-order valence-electron chi connectivity index (χ2n) is 7.79. The Bertz CT molecular complexity index is 1230. The SMILES string of the molecule is O=C1CC(COc2ccc(F)c(Cl)c2)=Nc2c1ccnc2-c1csc(NC2CCCOC2)n1. The molecule has 1 saturated heterocycles. The number of benzene rings is 1. The summed E-state index contributed by atoms with van der Waals surface area (Å²) in [5.74, 6) is -0.185. The third-order valence-electron chi connectivity index (χ3n) is 5.39. The highest BCUT2D eigenvalue weighted by molar-refractivity contribution is 7.14. The van der Waals surface area contributed by atoms with Crippen molar-refractivity contribution >= 4 is 45.3 Å². The molecule has 0 spiro atoms. The Hall–Kier alpha value is -2.88. The molecule has 0 amide bonds. The van der Waals surface area contributed by atoms with Gasteiger partial charge in [0.2, 0.25) is 0 Å². The van der Waals surface area contributed by atoms with E-state index in [1.165, 1.54) is 29.5 Å². The van der Waals surface area contributed by atoms with E-state index >= 15 is 0 Å². The van der Waals surface area contributed by atoms with Gasteiger partial charge in [-0.25, -0.2) is 9.37 Å². The Kier molecular flexibility index (Phi) is 6.34. The van der Waals surface area contributed by atoms with Gasteiger partial charge in [0.25, 0.3) is 0 Å². The molecule has 0 radical (unpaired) electrons. The van der Waals surface area contributed by atoms with E-state index < -0.39 is 5.82 Å². The fraction of sp³-hybridized carbons (Fsp3) is 0.304. The first-order valence-corrected chi connectivity index (χ1v) is 11.8. The van der Waals surface area contributed by atoms with Gasteiger partial charge in [0.05, 0.1) is 29.8 Å². The lowest BCUT2D eigenvalue weighted by Crippen LogP contribution is -2.29. The number of thiazole rings is 1. The zero-order valence-electron chi connectivity index (χ0n) is 17.5. The van der Waals surface area contributed by atoms with Crippen molar-refractivity contribution in [2.75, 3.05) is 25.1 Å². The number of aromatic nitrogens is 2. The molecule has 1 fully saturated rings. The van der Waals surface area contributed by atoms with E-state index in [9.17, 15) is 9.18 Å². The normalized spacial score (nSPS) is 17.9. The highest BCUT2D eigenvalue weighted by Crippen LogP contribution is 2.36. The number of nitrogens with zero attached hydrogens (tertiary/aromatic N) is 3. The molecule has 4 heterocycles. The summed E-state index contributed by atoms with van der Waals surface area (Å²) in [6.07, 6.45) is 3.80. The molecule has 2 aliphatic heterocycles. The first-order chi connectivity index (χ1) is 16.1. The Morgan fingerprint density at radius 2 is 2.24 bits per heavy atom. The van der Waals surface area contributed by atoms with Gasteiger partial charge >= 0.3 is 0 Å². The summed E-state index contributed by atoms with van der Waals surface area (Å²) < 4.78 is 24.6. The smallest absolute Gasteiger partial charge is 0.183 e. The van der Waals surface area contributed by atoms with E-state index in [-0.39, 0.29) is 29.9 Å². The molecule has 1 unspecified atom stereocenters. The van der Waals surface area contributed by atoms with Crippen LogP contribution in [-0.4, -0.2) is 47.3 Å². The van der Waals surface area contributed by atoms with Crippen LogP contribution in [0.15, 0.2) is 40.8 Å². The number of anilines is 1. The molecule has 3 aromatic rings. The van der Waals surface area contributed by atoms with Crippen molar-refractivity contribution in [3.8, 4) is 17.1 Å². The summed E-state index contributed by atoms with van der Waals surface area (Å²) in [6, 6.07) is 6.01. The van der Waals surface area contributed by atoms with Crippen molar-refractivity contribution < 1.29 is 18.7 Å². The highest BCUT2D eigenvalue weighted by Gasteiger charge is 2.25. The standard InChI is InChI=1S/C23H20ClFN4O3S/c24-17-9-15(3-4-18(17)25)32-11-14-8-20(30)16-5-6-26-22(21(16)27-14)19-12-33-23(29-19)28-13-2-1-7-31-10-13/h3-6,9,12-13H,1-2,7-8,10-11H2,(H,28,29). The summed E-state index contributed by atoms with van der Waals surface area (Å²) in [5.41, 5.74) is 2.75. The number of nitrogens with one attached hydrogen (secondary N) is 1. The summed E-state index contributed by atoms with van der Waals surface area (Å²) in [5, 5.41) is 6.06. The molecular weight excluding hydrogens is 467 g/mol. The third kappa shape index (κ3) is 4.90. The van der Waals surface area contributed by atoms with Gasteiger partial charge in [-0.1, -0.05) is 11.6 Å². The number of Topliss-reactive ketones (excluding diaryl/α,β-unsaturated/α-hetero) is 1. The Balaban J connectivity index is 1.37. The average Bonchev–Trinajstić information content (AvgIpc) is 3.28. The molecule has 33 heavy (non-hydrogen) atoms. The van der Waals surface area contributed by atoms with Gasteiger partial charge in [-0.2, -0.15) is 0 Å². The Morgan fingerprint density at radius 3 is 3.06 bits per heavy atom. The van der Waals surface area contributed by atoms with Crippen LogP contribution in [0.4, 0.5) is 15.2 Å². The number of pyridine rings is 1. The third-order valence-corrected chi connectivity index (χ3v) is 6.45. The first-order valence-electron chi connectivity index (χ1n) is 10.5. The van der Waals surface area contributed by atoms with E-state index in [0.29, 0.717) is 40.7 Å². The lowest BCUT2D eigenvalue weighted by Gasteiger charge is -2.22. The van der Waals surface area contributed by atoms with Gasteiger partial charge in [0.15, 0.2) is 10.9 Å². The molecule has 0 bridgehead atoms. The predicted octanol–water partition coefficient (Wildman–Crippen LogP) is 5.33. The van der Waals surface area contributed by atoms with Gasteiger partial charge < -0.3 is 14.8 Å². The molecule has 1 aromatic carbocycles. The molecule has 0 saturated carbocycles. The number of rotatable bonds is 6. The van der Waals surface area contributed by atoms with Crippen LogP contribution in [0.5, 0.6) is 5.75 Å². The number of ketones is 1. The lowest BCUT2D eigenvalue weighted by atomic mass is 9.99. The number of hydrogen-bond donors (Lipinski definition) is 1. The summed E-state index contributed by atoms with van der Waals surface area (Å²) in [4.78, 5) is 26.6. The molecule has 1 atom stereocenters. The van der Waals surface area contributed by atoms with Crippen molar-refractivity contribution in [1.29, 1.82) is 0 Å². The van der Waals surface area contributed by atoms with E-state index in [4.69, 9.17) is 21.1 Å². The van der Waals surface area contributed by atoms with Crippen LogP contribution in [0.3, 0.4) is 0 Å². The molecular formula is C23H20ClFN4O3S. The van der Waals surface area contributed by atoms with Gasteiger partial charge in [0, 0.05) is 29.8 Å². The Morgan fingerprint density at radius 1 is 1.33 bits per heavy atom. The van der Waals surface area contributed by atoms with Gasteiger partial charge in [-0.05, 0) is 31.0 Å². The van der Waals surface area contributed by atoms with Crippen molar-refractivity contribution in [2.45, 2.75) is 25.3 Å². The minimum absolute atomic E-state index is 0.0290. The summed E-state index contributed by atoms with van der Waals surface area (Å²) in [7, 11) is 0. The molecule has 7 nitrogen and oxygen atoms in total. The van der Waals surface area contributed by atoms with Crippen LogP contribution < -0.4 is 10.1 Å². The number of carbonyl (C=O) groups excluding carboxylic acids is 1. The minimum Gasteiger partial charge on any atom is -0.488 e. The van der Waals surface area contributed by atoms with E-state index in [1.54, 1.807) is 12.3 Å². The molecule has 10 heteroatoms. The van der Waals surface area contributed by atoms with E-state index in [0.717, 1.165) is 24.6 Å². The van der Waals surface area contributed by atoms with Gasteiger partial charge in [0.1, 0.15) is 35.2 Å². The zero-order chi connectivity index (χ0) is 22.8. The number of aliphatic imine (C=N–C) groups is 1. The first kappa shape index (κ1) is 21.9. The molecule has 1 N–H and O–H groups in total. The van der Waals surface area contributed by atoms with Crippen LogP contribution in [0.1, 0.15) is 29.6 Å². The van der Waals surface area contributed by atoms with Crippen LogP contribution in [0, 0.1) is 5.82 Å². The van der Waals surface area contributed by atoms with Crippen molar-refractivity contribution in [3.63, 3.8) is 0 Å². The largest absolute Gasteiger partial charge is 0.488 e. The fourth-order valence-electron chi connectivity index (χ4n) is 3.75. The molecule has 2 aliphatic rings. The number of halogens is 2. The lowest BCUT2D eigenvalue weighted by molar-refractivity contribution is 0.0876. The second kappa shape index (κ2) is 9.54. The average molecular weight is 487 g/mol. The highest BCUT2D eigenvalue weighted by atomic mass is 35.5. The number of ether oxygens (including phenoxy) is 2. The minimum atomic E-state index is -0.521. The van der Waals surface area contributed by atoms with Gasteiger partial charge in [-0.15, -0.1) is 11.3 Å². The maximum absolute atomic E-state index is 13.4. The maximum Gasteiger partial charge on any atom is 0.183 e. The fourth-order valence-corrected chi connectivity index (χ4v) is 4.70. The summed E-state index contributed by atoms with van der Waals surface area (Å²) >= 11 is 7.29. The number of carbonyl (C=O) groups is 1. The summed E-state index contributed by atoms with van der Waals surface area (Å²) in [6.45, 7) is 1.54. The van der Waals surface area contributed by atoms with Crippen molar-refractivity contribution in [3.05, 3.63) is 52.2 Å². The van der Waals surface area contributed by atoms with Gasteiger partial charge in [-0.3, -0.25) is 14.8 Å². The molecule has 2 aromatic heterocycles. The predicted molar refractivity (Wildman–Crippen MR) is 126 cm³/mol. The van der Waals surface area contributed by atoms with Crippen LogP contribution in [0.25, 0.3) is 11.4 Å². The monoisotopic (exact) mass is 486 g/mol. The van der Waals surface area contributed by atoms with E-state index in [2.05, 4.69) is 20.3 Å². The second-order valence-corrected chi connectivity index (χ2v) is 9.06. The number of fused-ring (bicyclic) bond motifs is 1. The quantitative estimate of drug-likeness (QED) is 0.507. The van der Waals surface area contributed by atoms with E-state index in [1.807, 2.05) is 5.38 Å². The van der Waals surface area contributed by atoms with Crippen molar-refractivity contribution in [2.24, 2.45) is 4.99 Å². The van der Waals surface area contributed by atoms with Crippen molar-refractivity contribution in [1.82, 2.24) is 9.97 Å². The maximum atomic E-state index is 13.4. The zero-order valence-corrected chi connectivity index (χ0v) is 19.1. The topological polar surface area (TPSA) is 85.7 Å². The van der Waals surface area contributed by atoms with Crippen LogP contribution in [0.2, 0.25) is 5.02 Å². The molecule has 5 rings (SSSR count).